The highest BCUT2D eigenvalue weighted by atomic mass is 35.5. The first-order chi connectivity index (χ1) is 8.45. The van der Waals surface area contributed by atoms with Crippen molar-refractivity contribution in [3.8, 4) is 5.75 Å². The Hall–Kier alpha value is -0.530. The second-order valence-corrected chi connectivity index (χ2v) is 6.55. The van der Waals surface area contributed by atoms with Crippen molar-refractivity contribution in [1.82, 2.24) is 4.31 Å². The van der Waals surface area contributed by atoms with E-state index < -0.39 is 10.0 Å². The zero-order valence-electron chi connectivity index (χ0n) is 10.4. The molecule has 5 nitrogen and oxygen atoms in total. The van der Waals surface area contributed by atoms with Gasteiger partial charge in [0, 0.05) is 24.2 Å². The van der Waals surface area contributed by atoms with Crippen LogP contribution in [0.1, 0.15) is 6.42 Å². The second kappa shape index (κ2) is 6.28. The third-order valence-corrected chi connectivity index (χ3v) is 5.05. The molecule has 0 aromatic heterocycles. The van der Waals surface area contributed by atoms with Crippen LogP contribution in [-0.4, -0.2) is 39.0 Å². The third-order valence-electron chi connectivity index (χ3n) is 2.93. The molecule has 0 spiro atoms. The van der Waals surface area contributed by atoms with Crippen LogP contribution in [0.15, 0.2) is 23.1 Å². The summed E-state index contributed by atoms with van der Waals surface area (Å²) in [6.45, 7) is 0.761. The Kier molecular flexibility index (Phi) is 5.46. The molecule has 1 aromatic rings. The van der Waals surface area contributed by atoms with Crippen LogP contribution in [0.5, 0.6) is 5.75 Å². The summed E-state index contributed by atoms with van der Waals surface area (Å²) in [5, 5.41) is 0.359. The Bertz CT molecular complexity index is 551. The third kappa shape index (κ3) is 3.32. The zero-order chi connectivity index (χ0) is 13.3. The van der Waals surface area contributed by atoms with Gasteiger partial charge in [-0.25, -0.2) is 8.42 Å². The quantitative estimate of drug-likeness (QED) is 0.913. The first-order valence-corrected chi connectivity index (χ1v) is 7.36. The largest absolute Gasteiger partial charge is 0.495 e. The summed E-state index contributed by atoms with van der Waals surface area (Å²) in [4.78, 5) is 0.0894. The van der Waals surface area contributed by atoms with Crippen LogP contribution >= 0.6 is 24.0 Å². The highest BCUT2D eigenvalue weighted by Gasteiger charge is 2.33. The van der Waals surface area contributed by atoms with E-state index in [1.807, 2.05) is 0 Å². The highest BCUT2D eigenvalue weighted by Crippen LogP contribution is 2.30. The topological polar surface area (TPSA) is 72.6 Å². The average molecular weight is 327 g/mol. The molecule has 1 heterocycles. The van der Waals surface area contributed by atoms with Crippen LogP contribution in [-0.2, 0) is 10.0 Å². The summed E-state index contributed by atoms with van der Waals surface area (Å²) >= 11 is 5.85. The molecule has 19 heavy (non-hydrogen) atoms. The number of methoxy groups -OCH3 is 1. The predicted molar refractivity (Wildman–Crippen MR) is 76.6 cm³/mol. The van der Waals surface area contributed by atoms with Crippen molar-refractivity contribution in [2.24, 2.45) is 5.73 Å². The molecule has 1 aliphatic heterocycles. The Morgan fingerprint density at radius 2 is 2.16 bits per heavy atom. The molecule has 8 heteroatoms. The van der Waals surface area contributed by atoms with Gasteiger partial charge in [-0.1, -0.05) is 11.6 Å². The van der Waals surface area contributed by atoms with Crippen LogP contribution in [0.3, 0.4) is 0 Å². The van der Waals surface area contributed by atoms with Gasteiger partial charge in [-0.2, -0.15) is 4.31 Å². The van der Waals surface area contributed by atoms with E-state index in [0.717, 1.165) is 0 Å². The van der Waals surface area contributed by atoms with Crippen molar-refractivity contribution in [3.63, 3.8) is 0 Å². The molecule has 0 bridgehead atoms. The molecule has 1 aliphatic rings. The molecule has 0 saturated carbocycles. The van der Waals surface area contributed by atoms with E-state index in [9.17, 15) is 8.42 Å². The maximum absolute atomic E-state index is 12.4. The van der Waals surface area contributed by atoms with E-state index in [2.05, 4.69) is 0 Å². The maximum Gasteiger partial charge on any atom is 0.246 e. The lowest BCUT2D eigenvalue weighted by Gasteiger charge is -2.18. The van der Waals surface area contributed by atoms with Gasteiger partial charge in [0.15, 0.2) is 0 Å². The van der Waals surface area contributed by atoms with Crippen LogP contribution in [0, 0.1) is 0 Å². The molecule has 1 fully saturated rings. The number of rotatable bonds is 3. The SMILES string of the molecule is COc1ccc(Cl)cc1S(=O)(=O)N1CC[C@@H](N)C1.Cl. The highest BCUT2D eigenvalue weighted by molar-refractivity contribution is 7.89. The van der Waals surface area contributed by atoms with Crippen molar-refractivity contribution < 1.29 is 13.2 Å². The number of halogens is 2. The molecule has 1 atom stereocenters. The fourth-order valence-electron chi connectivity index (χ4n) is 1.96. The van der Waals surface area contributed by atoms with E-state index in [0.29, 0.717) is 30.3 Å². The number of nitrogens with zero attached hydrogens (tertiary/aromatic N) is 1. The molecule has 2 N–H and O–H groups in total. The summed E-state index contributed by atoms with van der Waals surface area (Å²) in [6, 6.07) is 4.44. The van der Waals surface area contributed by atoms with E-state index in [1.165, 1.54) is 17.5 Å². The van der Waals surface area contributed by atoms with Crippen LogP contribution in [0.2, 0.25) is 5.02 Å². The van der Waals surface area contributed by atoms with Gasteiger partial charge in [-0.15, -0.1) is 12.4 Å². The summed E-state index contributed by atoms with van der Waals surface area (Å²) in [5.74, 6) is 0.292. The summed E-state index contributed by atoms with van der Waals surface area (Å²) in [5.41, 5.74) is 5.74. The molecule has 0 unspecified atom stereocenters. The van der Waals surface area contributed by atoms with Crippen LogP contribution < -0.4 is 10.5 Å². The smallest absolute Gasteiger partial charge is 0.246 e. The van der Waals surface area contributed by atoms with Crippen LogP contribution in [0.25, 0.3) is 0 Å². The normalized spacial score (nSPS) is 20.1. The number of benzene rings is 1. The Balaban J connectivity index is 0.00000180. The van der Waals surface area contributed by atoms with Gasteiger partial charge in [0.25, 0.3) is 0 Å². The number of hydrogen-bond acceptors (Lipinski definition) is 4. The zero-order valence-corrected chi connectivity index (χ0v) is 12.8. The number of ether oxygens (including phenoxy) is 1. The molecule has 1 saturated heterocycles. The van der Waals surface area contributed by atoms with Gasteiger partial charge in [0.2, 0.25) is 10.0 Å². The minimum absolute atomic E-state index is 0. The lowest BCUT2D eigenvalue weighted by atomic mass is 10.3. The molecular weight excluding hydrogens is 311 g/mol. The van der Waals surface area contributed by atoms with Gasteiger partial charge in [0.1, 0.15) is 10.6 Å². The Morgan fingerprint density at radius 1 is 1.47 bits per heavy atom. The Labute approximate surface area is 124 Å². The standard InChI is InChI=1S/C11H15ClN2O3S.ClH/c1-17-10-3-2-8(12)6-11(10)18(15,16)14-5-4-9(13)7-14;/h2-3,6,9H,4-5,7,13H2,1H3;1H/t9-;/m1./s1. The monoisotopic (exact) mass is 326 g/mol. The lowest BCUT2D eigenvalue weighted by molar-refractivity contribution is 0.398. The average Bonchev–Trinajstić information content (AvgIpc) is 2.76. The first-order valence-electron chi connectivity index (χ1n) is 5.54. The van der Waals surface area contributed by atoms with E-state index >= 15 is 0 Å². The molecule has 108 valence electrons. The number of sulfonamides is 1. The summed E-state index contributed by atoms with van der Waals surface area (Å²) in [7, 11) is -2.16. The van der Waals surface area contributed by atoms with Gasteiger partial charge < -0.3 is 10.5 Å². The van der Waals surface area contributed by atoms with E-state index in [-0.39, 0.29) is 23.3 Å². The first kappa shape index (κ1) is 16.5. The lowest BCUT2D eigenvalue weighted by Crippen LogP contribution is -2.32. The van der Waals surface area contributed by atoms with Gasteiger partial charge in [0.05, 0.1) is 7.11 Å². The second-order valence-electron chi connectivity index (χ2n) is 4.21. The van der Waals surface area contributed by atoms with Crippen molar-refractivity contribution in [2.45, 2.75) is 17.4 Å². The summed E-state index contributed by atoms with van der Waals surface area (Å²) in [6.07, 6.45) is 0.669. The van der Waals surface area contributed by atoms with Crippen molar-refractivity contribution >= 4 is 34.0 Å². The molecule has 2 rings (SSSR count). The van der Waals surface area contributed by atoms with E-state index in [4.69, 9.17) is 22.1 Å². The Morgan fingerprint density at radius 3 is 2.68 bits per heavy atom. The fraction of sp³-hybridized carbons (Fsp3) is 0.455. The van der Waals surface area contributed by atoms with Gasteiger partial charge in [-0.3, -0.25) is 0 Å². The molecule has 0 aliphatic carbocycles. The number of nitrogens with two attached hydrogens (primary N) is 1. The number of hydrogen-bond donors (Lipinski definition) is 1. The minimum atomic E-state index is -3.59. The van der Waals surface area contributed by atoms with E-state index in [1.54, 1.807) is 12.1 Å². The summed E-state index contributed by atoms with van der Waals surface area (Å²) < 4.78 is 31.3. The fourth-order valence-corrected chi connectivity index (χ4v) is 3.89. The van der Waals surface area contributed by atoms with Crippen LogP contribution in [0.4, 0.5) is 0 Å². The maximum atomic E-state index is 12.4. The van der Waals surface area contributed by atoms with Crippen molar-refractivity contribution in [1.29, 1.82) is 0 Å². The molecule has 0 amide bonds. The predicted octanol–water partition coefficient (Wildman–Crippen LogP) is 1.49. The van der Waals surface area contributed by atoms with Crippen molar-refractivity contribution in [2.75, 3.05) is 20.2 Å². The molecule has 1 aromatic carbocycles. The minimum Gasteiger partial charge on any atom is -0.495 e. The van der Waals surface area contributed by atoms with Crippen molar-refractivity contribution in [3.05, 3.63) is 23.2 Å². The van der Waals surface area contributed by atoms with Gasteiger partial charge >= 0.3 is 0 Å². The van der Waals surface area contributed by atoms with Gasteiger partial charge in [-0.05, 0) is 24.6 Å². The molecule has 0 radical (unpaired) electrons. The molecular formula is C11H16Cl2N2O3S.